The van der Waals surface area contributed by atoms with Gasteiger partial charge in [-0.05, 0) is 73.5 Å². The van der Waals surface area contributed by atoms with Gasteiger partial charge in [-0.25, -0.2) is 8.78 Å². The van der Waals surface area contributed by atoms with Crippen molar-refractivity contribution < 1.29 is 32.5 Å². The Morgan fingerprint density at radius 2 is 1.12 bits per heavy atom. The highest BCUT2D eigenvalue weighted by Crippen LogP contribution is 2.54. The molecule has 0 bridgehead atoms. The van der Waals surface area contributed by atoms with Crippen molar-refractivity contribution in [2.75, 3.05) is 33.9 Å². The van der Waals surface area contributed by atoms with Crippen LogP contribution < -0.4 is 24.3 Å². The normalized spacial score (nSPS) is 13.7. The van der Waals surface area contributed by atoms with Crippen molar-refractivity contribution in [1.82, 2.24) is 29.3 Å². The van der Waals surface area contributed by atoms with Crippen LogP contribution in [0.1, 0.15) is 22.3 Å². The van der Waals surface area contributed by atoms with Crippen LogP contribution in [0.3, 0.4) is 0 Å². The van der Waals surface area contributed by atoms with Gasteiger partial charge < -0.3 is 29.2 Å². The molecule has 0 atom stereocenters. The molecule has 0 aliphatic carbocycles. The third-order valence-electron chi connectivity index (χ3n) is 11.0. The molecule has 1 fully saturated rings. The number of hydrogen-bond acceptors (Lipinski definition) is 8. The molecular weight excluding hydrogens is 767 g/mol. The third-order valence-corrected chi connectivity index (χ3v) is 11.0. The molecule has 1 N–H and O–H groups in total. The number of nitrogens with one attached hydrogen (secondary N) is 1. The van der Waals surface area contributed by atoms with Gasteiger partial charge in [0.15, 0.2) is 11.3 Å². The van der Waals surface area contributed by atoms with E-state index >= 15 is 8.78 Å². The molecule has 11 nitrogen and oxygen atoms in total. The van der Waals surface area contributed by atoms with Crippen LogP contribution in [0.25, 0.3) is 33.4 Å². The quantitative estimate of drug-likeness (QED) is 0.129. The smallest absolute Gasteiger partial charge is 0.214 e. The van der Waals surface area contributed by atoms with E-state index in [0.717, 1.165) is 6.41 Å². The van der Waals surface area contributed by atoms with E-state index in [1.54, 1.807) is 29.2 Å². The van der Waals surface area contributed by atoms with E-state index in [1.165, 1.54) is 38.5 Å². The van der Waals surface area contributed by atoms with Crippen molar-refractivity contribution in [2.45, 2.75) is 19.4 Å². The lowest BCUT2D eigenvalue weighted by Crippen LogP contribution is -2.59. The summed E-state index contributed by atoms with van der Waals surface area (Å²) in [4.78, 5) is 25.7. The fourth-order valence-electron chi connectivity index (χ4n) is 8.16. The topological polar surface area (TPSA) is 105 Å². The molecule has 4 aromatic carbocycles. The van der Waals surface area contributed by atoms with E-state index in [4.69, 9.17) is 28.9 Å². The molecule has 1 aliphatic heterocycles. The molecule has 1 amide bonds. The number of fused-ring (bicyclic) bond motifs is 2. The van der Waals surface area contributed by atoms with Crippen molar-refractivity contribution >= 4 is 28.5 Å². The summed E-state index contributed by atoms with van der Waals surface area (Å²) in [5, 5.41) is 4.80. The molecule has 0 spiro atoms. The first-order valence-corrected chi connectivity index (χ1v) is 19.4. The fourth-order valence-corrected chi connectivity index (χ4v) is 8.16. The molecule has 1 saturated heterocycles. The van der Waals surface area contributed by atoms with Gasteiger partial charge in [-0.1, -0.05) is 48.5 Å². The van der Waals surface area contributed by atoms with E-state index in [2.05, 4.69) is 5.32 Å². The lowest BCUT2D eigenvalue weighted by molar-refractivity contribution is -0.124. The minimum atomic E-state index is -1.49. The van der Waals surface area contributed by atoms with E-state index < -0.39 is 17.2 Å². The zero-order chi connectivity index (χ0) is 41.5. The predicted octanol–water partition coefficient (Wildman–Crippen LogP) is 9.17. The number of carbonyl (C=O) groups excluding carboxylic acids is 1. The van der Waals surface area contributed by atoms with Crippen LogP contribution in [0.2, 0.25) is 0 Å². The second kappa shape index (κ2) is 15.5. The Morgan fingerprint density at radius 3 is 1.55 bits per heavy atom. The van der Waals surface area contributed by atoms with Crippen LogP contribution in [0, 0.1) is 25.5 Å². The lowest BCUT2D eigenvalue weighted by Gasteiger charge is -2.46. The Balaban J connectivity index is 1.50. The van der Waals surface area contributed by atoms with Crippen LogP contribution >= 0.6 is 0 Å². The number of methoxy groups -OCH3 is 2. The minimum Gasteiger partial charge on any atom is -0.481 e. The first kappa shape index (κ1) is 38.3. The molecular formula is C47H40F2N6O5. The number of carbonyl (C=O) groups is 1. The number of benzene rings is 4. The number of hydrogen-bond donors (Lipinski definition) is 1. The largest absolute Gasteiger partial charge is 0.481 e. The summed E-state index contributed by atoms with van der Waals surface area (Å²) < 4.78 is 59.5. The summed E-state index contributed by atoms with van der Waals surface area (Å²) in [7, 11) is 3.08. The molecule has 0 radical (unpaired) electrons. The van der Waals surface area contributed by atoms with Gasteiger partial charge >= 0.3 is 0 Å². The number of aryl methyl sites for hydroxylation is 2. The standard InChI is InChI=1S/C47H40F2N6O5/c1-29-15-17-31(48)25-37(29)59-45-41(35-19-21-39(57-3)51-43(35)54(45)33-11-7-5-8-12-33)47(27-50-23-24-53(47)28-56)42-36-20-22-40(58-4)52-44(36)55(34-13-9-6-10-14-34)46(42)60-38-26-32(49)18-16-30(38)2/h5-22,25-26,28,50H,23-24,27H2,1-4H3. The maximum absolute atomic E-state index is 15.2. The predicted molar refractivity (Wildman–Crippen MR) is 224 cm³/mol. The number of aromatic nitrogens is 4. The van der Waals surface area contributed by atoms with E-state index in [9.17, 15) is 4.79 Å². The molecule has 4 aromatic heterocycles. The van der Waals surface area contributed by atoms with Gasteiger partial charge in [-0.15, -0.1) is 0 Å². The van der Waals surface area contributed by atoms with Gasteiger partial charge in [0, 0.05) is 54.7 Å². The van der Waals surface area contributed by atoms with E-state index in [0.29, 0.717) is 74.0 Å². The highest BCUT2D eigenvalue weighted by molar-refractivity contribution is 5.94. The summed E-state index contributed by atoms with van der Waals surface area (Å²) in [6.07, 6.45) is 0.820. The van der Waals surface area contributed by atoms with Crippen molar-refractivity contribution in [3.05, 3.63) is 155 Å². The number of para-hydroxylation sites is 2. The fraction of sp³-hybridized carbons (Fsp3) is 0.170. The minimum absolute atomic E-state index is 0.141. The maximum atomic E-state index is 15.2. The second-order valence-electron chi connectivity index (χ2n) is 14.5. The summed E-state index contributed by atoms with van der Waals surface area (Å²) >= 11 is 0. The molecule has 13 heteroatoms. The Morgan fingerprint density at radius 1 is 0.650 bits per heavy atom. The number of ether oxygens (including phenoxy) is 4. The number of pyridine rings is 2. The zero-order valence-corrected chi connectivity index (χ0v) is 33.3. The van der Waals surface area contributed by atoms with Gasteiger partial charge in [0.1, 0.15) is 28.7 Å². The van der Waals surface area contributed by atoms with E-state index in [-0.39, 0.29) is 36.3 Å². The molecule has 8 aromatic rings. The average Bonchev–Trinajstić information content (AvgIpc) is 3.78. The van der Waals surface area contributed by atoms with Gasteiger partial charge in [-0.2, -0.15) is 9.97 Å². The molecule has 5 heterocycles. The maximum Gasteiger partial charge on any atom is 0.214 e. The monoisotopic (exact) mass is 806 g/mol. The number of piperazine rings is 1. The van der Waals surface area contributed by atoms with Gasteiger partial charge in [0.25, 0.3) is 0 Å². The van der Waals surface area contributed by atoms with Crippen molar-refractivity contribution in [1.29, 1.82) is 0 Å². The number of nitrogens with zero attached hydrogens (tertiary/aromatic N) is 5. The number of halogens is 2. The molecule has 0 unspecified atom stereocenters. The third kappa shape index (κ3) is 6.34. The van der Waals surface area contributed by atoms with Crippen molar-refractivity contribution in [3.63, 3.8) is 0 Å². The summed E-state index contributed by atoms with van der Waals surface area (Å²) in [5.74, 6) is 0.720. The average molecular weight is 807 g/mol. The molecule has 60 heavy (non-hydrogen) atoms. The summed E-state index contributed by atoms with van der Waals surface area (Å²) in [6, 6.07) is 35.0. The number of rotatable bonds is 11. The summed E-state index contributed by atoms with van der Waals surface area (Å²) in [6.45, 7) is 4.53. The number of amides is 1. The van der Waals surface area contributed by atoms with Crippen LogP contribution in [0.15, 0.2) is 121 Å². The van der Waals surface area contributed by atoms with Crippen molar-refractivity contribution in [3.8, 4) is 46.4 Å². The lowest BCUT2D eigenvalue weighted by atomic mass is 9.79. The Labute approximate surface area is 344 Å². The van der Waals surface area contributed by atoms with E-state index in [1.807, 2.05) is 95.8 Å². The van der Waals surface area contributed by atoms with Crippen molar-refractivity contribution in [2.24, 2.45) is 0 Å². The molecule has 1 aliphatic rings. The van der Waals surface area contributed by atoms with Crippen LogP contribution in [-0.2, 0) is 10.3 Å². The van der Waals surface area contributed by atoms with Gasteiger partial charge in [0.2, 0.25) is 29.9 Å². The first-order chi connectivity index (χ1) is 29.2. The van der Waals surface area contributed by atoms with Crippen LogP contribution in [-0.4, -0.2) is 64.3 Å². The van der Waals surface area contributed by atoms with Gasteiger partial charge in [0.05, 0.1) is 36.7 Å². The highest BCUT2D eigenvalue weighted by atomic mass is 19.1. The summed E-state index contributed by atoms with van der Waals surface area (Å²) in [5.41, 5.74) is 3.14. The highest BCUT2D eigenvalue weighted by Gasteiger charge is 2.52. The molecule has 0 saturated carbocycles. The first-order valence-electron chi connectivity index (χ1n) is 19.4. The zero-order valence-electron chi connectivity index (χ0n) is 33.3. The van der Waals surface area contributed by atoms with Gasteiger partial charge in [-0.3, -0.25) is 13.9 Å². The molecule has 9 rings (SSSR count). The Bertz CT molecular complexity index is 2720. The Kier molecular flexibility index (Phi) is 9.88. The SMILES string of the molecule is COc1ccc2c(C3(c4c(Oc5cc(F)ccc5C)n(-c5ccccc5)c5nc(OC)ccc45)CNCCN3C=O)c(Oc3cc(F)ccc3C)n(-c3ccccc3)c2n1. The second-order valence-corrected chi connectivity index (χ2v) is 14.5. The van der Waals surface area contributed by atoms with Crippen LogP contribution in [0.5, 0.6) is 35.0 Å². The molecule has 302 valence electrons. The van der Waals surface area contributed by atoms with Crippen LogP contribution in [0.4, 0.5) is 8.78 Å². The Hall–Kier alpha value is -7.25.